The number of ether oxygens (including phenoxy) is 4. The van der Waals surface area contributed by atoms with Crippen LogP contribution in [-0.4, -0.2) is 104 Å². The molecule has 0 aromatic heterocycles. The Morgan fingerprint density at radius 1 is 1.13 bits per heavy atom. The van der Waals surface area contributed by atoms with Gasteiger partial charge in [-0.3, -0.25) is 19.2 Å². The van der Waals surface area contributed by atoms with Gasteiger partial charge in [-0.05, 0) is 26.7 Å². The summed E-state index contributed by atoms with van der Waals surface area (Å²) in [4.78, 5) is 47.1. The summed E-state index contributed by atoms with van der Waals surface area (Å²) in [5, 5.41) is 37.4. The molecule has 0 spiro atoms. The van der Waals surface area contributed by atoms with Crippen LogP contribution in [0.1, 0.15) is 46.0 Å². The zero-order chi connectivity index (χ0) is 28.9. The summed E-state index contributed by atoms with van der Waals surface area (Å²) in [6, 6.07) is -0.843. The highest BCUT2D eigenvalue weighted by molar-refractivity contribution is 5.80. The summed E-state index contributed by atoms with van der Waals surface area (Å²) in [6.45, 7) is 4.16. The van der Waals surface area contributed by atoms with Crippen LogP contribution >= 0.6 is 0 Å². The maximum Gasteiger partial charge on any atom is 0.272 e. The fourth-order valence-electron chi connectivity index (χ4n) is 4.17. The van der Waals surface area contributed by atoms with Crippen LogP contribution in [0.15, 0.2) is 9.59 Å². The molecule has 1 fully saturated rings. The molecule has 6 N–H and O–H groups in total. The number of amides is 2. The molecule has 0 aliphatic carbocycles. The molecule has 1 aromatic carbocycles. The topological polar surface area (TPSA) is 202 Å². The van der Waals surface area contributed by atoms with E-state index < -0.39 is 53.5 Å². The van der Waals surface area contributed by atoms with E-state index in [9.17, 15) is 29.4 Å². The molecule has 1 aromatic rings. The van der Waals surface area contributed by atoms with Crippen LogP contribution in [0.3, 0.4) is 0 Å². The number of methoxy groups -OCH3 is 1. The second kappa shape index (κ2) is 16.5. The van der Waals surface area contributed by atoms with Crippen LogP contribution < -0.4 is 31.5 Å². The summed E-state index contributed by atoms with van der Waals surface area (Å²) >= 11 is 0. The zero-order valence-electron chi connectivity index (χ0n) is 22.6. The van der Waals surface area contributed by atoms with E-state index in [-0.39, 0.29) is 50.1 Å². The van der Waals surface area contributed by atoms with Crippen LogP contribution in [0, 0.1) is 0 Å². The maximum absolute atomic E-state index is 12.1. The summed E-state index contributed by atoms with van der Waals surface area (Å²) in [5.41, 5.74) is -1.12. The van der Waals surface area contributed by atoms with Gasteiger partial charge in [-0.25, -0.2) is 0 Å². The van der Waals surface area contributed by atoms with Crippen molar-refractivity contribution < 1.29 is 43.9 Å². The molecule has 2 amide bonds. The number of carbonyl (C=O) groups is 2. The van der Waals surface area contributed by atoms with Crippen LogP contribution in [-0.2, 0) is 23.8 Å². The molecular weight excluding hydrogens is 518 g/mol. The molecular formula is C25H41N3O11. The van der Waals surface area contributed by atoms with Gasteiger partial charge in [0.25, 0.3) is 10.9 Å². The van der Waals surface area contributed by atoms with Crippen molar-refractivity contribution in [2.45, 2.75) is 82.7 Å². The Balaban J connectivity index is 1.62. The second-order valence-electron chi connectivity index (χ2n) is 9.22. The molecule has 0 radical (unpaired) electrons. The number of aliphatic hydroxyl groups excluding tert-OH is 3. The van der Waals surface area contributed by atoms with E-state index in [0.29, 0.717) is 32.3 Å². The van der Waals surface area contributed by atoms with Crippen LogP contribution in [0.2, 0.25) is 0 Å². The van der Waals surface area contributed by atoms with E-state index in [0.717, 1.165) is 0 Å². The van der Waals surface area contributed by atoms with E-state index in [1.54, 1.807) is 13.8 Å². The normalized spacial score (nSPS) is 23.8. The van der Waals surface area contributed by atoms with Crippen molar-refractivity contribution in [2.24, 2.45) is 0 Å². The first-order valence-electron chi connectivity index (χ1n) is 13.2. The van der Waals surface area contributed by atoms with Gasteiger partial charge in [0.2, 0.25) is 11.8 Å². The lowest BCUT2D eigenvalue weighted by atomic mass is 9.96. The minimum absolute atomic E-state index is 0.0381. The van der Waals surface area contributed by atoms with Crippen molar-refractivity contribution in [3.8, 4) is 5.75 Å². The Bertz CT molecular complexity index is 981. The lowest BCUT2D eigenvalue weighted by molar-refractivity contribution is -0.278. The fraction of sp³-hybridized carbons (Fsp3) is 0.760. The number of carbonyl (C=O) groups excluding carboxylic acids is 2. The largest absolute Gasteiger partial charge is 0.488 e. The monoisotopic (exact) mass is 559 g/mol. The van der Waals surface area contributed by atoms with Crippen LogP contribution in [0.25, 0.3) is 0 Å². The standard InChI is InChI=1S/C25H41N3O11/c1-4-37-22-18(19(32)21(22)34)27-11-10-26-16(31)8-6-5-7-13-38-25-23(36-3)20(33)17(14(2)39-25)28-24(35)15(30)9-12-29/h14-15,17,20,23,25,27,29-30,33H,4-13H2,1-3H3,(H,26,31)(H,28,35)/t14-,15+,17-,20+,23+,25+/m1/s1. The first-order chi connectivity index (χ1) is 18.7. The molecule has 2 rings (SSSR count). The molecule has 1 heterocycles. The van der Waals surface area contributed by atoms with Crippen molar-refractivity contribution >= 4 is 17.5 Å². The first-order valence-corrected chi connectivity index (χ1v) is 13.2. The summed E-state index contributed by atoms with van der Waals surface area (Å²) in [6.07, 6.45) is -2.80. The molecule has 222 valence electrons. The number of anilines is 1. The van der Waals surface area contributed by atoms with Gasteiger partial charge in [-0.1, -0.05) is 6.42 Å². The molecule has 0 bridgehead atoms. The van der Waals surface area contributed by atoms with E-state index in [4.69, 9.17) is 24.1 Å². The van der Waals surface area contributed by atoms with Gasteiger partial charge in [0.15, 0.2) is 12.0 Å². The Morgan fingerprint density at radius 3 is 2.54 bits per heavy atom. The quantitative estimate of drug-likeness (QED) is 0.0866. The molecule has 1 aliphatic rings. The minimum atomic E-state index is -1.40. The van der Waals surface area contributed by atoms with Gasteiger partial charge in [0.1, 0.15) is 24.0 Å². The number of nitrogens with one attached hydrogen (secondary N) is 3. The summed E-state index contributed by atoms with van der Waals surface area (Å²) in [5.74, 6) is -0.829. The Kier molecular flexibility index (Phi) is 13.8. The smallest absolute Gasteiger partial charge is 0.272 e. The Hall–Kier alpha value is -2.62. The lowest BCUT2D eigenvalue weighted by Gasteiger charge is -2.43. The Labute approximate surface area is 226 Å². The minimum Gasteiger partial charge on any atom is -0.488 e. The molecule has 39 heavy (non-hydrogen) atoms. The number of unbranched alkanes of at least 4 members (excludes halogenated alkanes) is 2. The SMILES string of the molecule is CCOc1c(NCCNC(=O)CCCCCO[C@H]2O[C@H](C)[C@@H](NC(=O)[C@@H](O)CCO)[C@H](O)[C@@H]2OC)c(=O)c1=O. The molecule has 14 nitrogen and oxygen atoms in total. The molecule has 14 heteroatoms. The average molecular weight is 560 g/mol. The molecule has 0 unspecified atom stereocenters. The Morgan fingerprint density at radius 2 is 1.87 bits per heavy atom. The van der Waals surface area contributed by atoms with Crippen molar-refractivity contribution in [2.75, 3.05) is 45.3 Å². The van der Waals surface area contributed by atoms with E-state index in [1.165, 1.54) is 7.11 Å². The molecule has 6 atom stereocenters. The zero-order valence-corrected chi connectivity index (χ0v) is 22.6. The second-order valence-corrected chi connectivity index (χ2v) is 9.22. The van der Waals surface area contributed by atoms with Crippen molar-refractivity contribution in [3.63, 3.8) is 0 Å². The molecule has 1 aliphatic heterocycles. The number of rotatable bonds is 18. The van der Waals surface area contributed by atoms with Crippen LogP contribution in [0.5, 0.6) is 5.75 Å². The predicted molar refractivity (Wildman–Crippen MR) is 139 cm³/mol. The average Bonchev–Trinajstić information content (AvgIpc) is 2.91. The number of hydrogen-bond donors (Lipinski definition) is 6. The van der Waals surface area contributed by atoms with E-state index in [2.05, 4.69) is 16.0 Å². The van der Waals surface area contributed by atoms with Gasteiger partial charge in [0, 0.05) is 46.3 Å². The van der Waals surface area contributed by atoms with Gasteiger partial charge >= 0.3 is 0 Å². The van der Waals surface area contributed by atoms with Gasteiger partial charge in [-0.15, -0.1) is 0 Å². The van der Waals surface area contributed by atoms with Crippen LogP contribution in [0.4, 0.5) is 5.69 Å². The van der Waals surface area contributed by atoms with Crippen molar-refractivity contribution in [3.05, 3.63) is 20.4 Å². The summed E-state index contributed by atoms with van der Waals surface area (Å²) in [7, 11) is 1.38. The first kappa shape index (κ1) is 32.6. The third kappa shape index (κ3) is 9.22. The summed E-state index contributed by atoms with van der Waals surface area (Å²) < 4.78 is 22.0. The van der Waals surface area contributed by atoms with Crippen molar-refractivity contribution in [1.82, 2.24) is 10.6 Å². The highest BCUT2D eigenvalue weighted by atomic mass is 16.7. The van der Waals surface area contributed by atoms with Gasteiger partial charge < -0.3 is 50.2 Å². The maximum atomic E-state index is 12.1. The van der Waals surface area contributed by atoms with Crippen molar-refractivity contribution in [1.29, 1.82) is 0 Å². The third-order valence-corrected chi connectivity index (χ3v) is 6.35. The highest BCUT2D eigenvalue weighted by Crippen LogP contribution is 2.24. The third-order valence-electron chi connectivity index (χ3n) is 6.35. The molecule has 1 saturated heterocycles. The number of aliphatic hydroxyl groups is 3. The van der Waals surface area contributed by atoms with E-state index >= 15 is 0 Å². The van der Waals surface area contributed by atoms with E-state index in [1.807, 2.05) is 0 Å². The number of hydrogen-bond acceptors (Lipinski definition) is 12. The van der Waals surface area contributed by atoms with Gasteiger partial charge in [-0.2, -0.15) is 0 Å². The highest BCUT2D eigenvalue weighted by Gasteiger charge is 2.45. The van der Waals surface area contributed by atoms with Gasteiger partial charge in [0.05, 0.1) is 18.8 Å². The predicted octanol–water partition coefficient (Wildman–Crippen LogP) is -1.86. The lowest BCUT2D eigenvalue weighted by Crippen LogP contribution is -2.64. The molecule has 0 saturated carbocycles. The fourth-order valence-corrected chi connectivity index (χ4v) is 4.17.